The molecule has 1 aliphatic rings. The predicted octanol–water partition coefficient (Wildman–Crippen LogP) is 2.57. The van der Waals surface area contributed by atoms with Gasteiger partial charge in [0.05, 0.1) is 0 Å². The summed E-state index contributed by atoms with van der Waals surface area (Å²) >= 11 is 0. The Morgan fingerprint density at radius 3 is 2.20 bits per heavy atom. The Morgan fingerprint density at radius 1 is 1.20 bits per heavy atom. The second-order valence-corrected chi connectivity index (χ2v) is 6.90. The van der Waals surface area contributed by atoms with E-state index >= 15 is 0 Å². The topological polar surface area (TPSA) is 49.4 Å². The van der Waals surface area contributed by atoms with Crippen LogP contribution in [0.1, 0.15) is 60.8 Å². The van der Waals surface area contributed by atoms with Crippen molar-refractivity contribution < 1.29 is 9.59 Å². The lowest BCUT2D eigenvalue weighted by Gasteiger charge is -2.44. The van der Waals surface area contributed by atoms with Gasteiger partial charge in [0.25, 0.3) is 0 Å². The van der Waals surface area contributed by atoms with Crippen molar-refractivity contribution in [1.29, 1.82) is 0 Å². The number of carbonyl (C=O) groups excluding carboxylic acids is 2. The molecule has 1 fully saturated rings. The zero-order valence-corrected chi connectivity index (χ0v) is 13.8. The average molecular weight is 282 g/mol. The van der Waals surface area contributed by atoms with E-state index in [2.05, 4.69) is 33.0 Å². The molecule has 0 saturated carbocycles. The van der Waals surface area contributed by atoms with Crippen LogP contribution in [0.3, 0.4) is 0 Å². The summed E-state index contributed by atoms with van der Waals surface area (Å²) < 4.78 is 0. The lowest BCUT2D eigenvalue weighted by atomic mass is 9.90. The second-order valence-electron chi connectivity index (χ2n) is 6.90. The summed E-state index contributed by atoms with van der Waals surface area (Å²) in [7, 11) is 0. The highest BCUT2D eigenvalue weighted by atomic mass is 16.2. The summed E-state index contributed by atoms with van der Waals surface area (Å²) in [5, 5.41) is 2.87. The molecule has 1 aliphatic heterocycles. The van der Waals surface area contributed by atoms with Crippen molar-refractivity contribution in [2.75, 3.05) is 6.54 Å². The Kier molecular flexibility index (Phi) is 5.60. The minimum absolute atomic E-state index is 0.00532. The number of hydrogen-bond donors (Lipinski definition) is 1. The van der Waals surface area contributed by atoms with Crippen LogP contribution in [0, 0.1) is 11.8 Å². The Balaban J connectivity index is 2.99. The minimum atomic E-state index is -0.781. The lowest BCUT2D eigenvalue weighted by molar-refractivity contribution is -0.155. The molecule has 0 aromatic carbocycles. The van der Waals surface area contributed by atoms with E-state index in [9.17, 15) is 9.59 Å². The molecule has 0 bridgehead atoms. The van der Waals surface area contributed by atoms with E-state index in [0.29, 0.717) is 18.4 Å². The van der Waals surface area contributed by atoms with Crippen molar-refractivity contribution >= 4 is 11.8 Å². The van der Waals surface area contributed by atoms with Crippen LogP contribution in [-0.4, -0.2) is 34.8 Å². The molecule has 4 nitrogen and oxygen atoms in total. The molecule has 2 amide bonds. The average Bonchev–Trinajstić information content (AvgIpc) is 2.35. The number of carbonyl (C=O) groups is 2. The smallest absolute Gasteiger partial charge is 0.248 e. The first-order valence-corrected chi connectivity index (χ1v) is 7.86. The molecule has 0 aromatic heterocycles. The molecule has 1 rings (SSSR count). The van der Waals surface area contributed by atoms with Gasteiger partial charge in [0.1, 0.15) is 11.6 Å². The SMILES string of the molecule is CCC(CC)CN1C(=O)C(C)(C)NC(=O)C1CC(C)C. The third kappa shape index (κ3) is 3.74. The van der Waals surface area contributed by atoms with E-state index in [-0.39, 0.29) is 17.9 Å². The van der Waals surface area contributed by atoms with E-state index in [1.165, 1.54) is 0 Å². The first-order chi connectivity index (χ1) is 9.22. The summed E-state index contributed by atoms with van der Waals surface area (Å²) in [5.41, 5.74) is -0.781. The van der Waals surface area contributed by atoms with Crippen molar-refractivity contribution in [1.82, 2.24) is 10.2 Å². The van der Waals surface area contributed by atoms with Crippen molar-refractivity contribution in [3.8, 4) is 0 Å². The molecule has 1 atom stereocenters. The van der Waals surface area contributed by atoms with Gasteiger partial charge in [-0.1, -0.05) is 40.5 Å². The highest BCUT2D eigenvalue weighted by Crippen LogP contribution is 2.24. The molecule has 1 unspecified atom stereocenters. The molecule has 0 radical (unpaired) electrons. The van der Waals surface area contributed by atoms with Gasteiger partial charge in [-0.3, -0.25) is 9.59 Å². The van der Waals surface area contributed by atoms with E-state index < -0.39 is 5.54 Å². The van der Waals surface area contributed by atoms with Crippen molar-refractivity contribution in [3.63, 3.8) is 0 Å². The summed E-state index contributed by atoms with van der Waals surface area (Å²) in [5.74, 6) is 0.906. The van der Waals surface area contributed by atoms with E-state index in [1.807, 2.05) is 4.90 Å². The van der Waals surface area contributed by atoms with Crippen LogP contribution in [0.4, 0.5) is 0 Å². The highest BCUT2D eigenvalue weighted by molar-refractivity contribution is 5.99. The van der Waals surface area contributed by atoms with Crippen LogP contribution < -0.4 is 5.32 Å². The standard InChI is InChI=1S/C16H30N2O2/c1-7-12(8-2)10-18-13(9-11(3)4)14(19)17-16(5,6)15(18)20/h11-13H,7-10H2,1-6H3,(H,17,19). The number of nitrogens with zero attached hydrogens (tertiary/aromatic N) is 1. The maximum absolute atomic E-state index is 12.7. The molecule has 20 heavy (non-hydrogen) atoms. The molecule has 116 valence electrons. The first-order valence-electron chi connectivity index (χ1n) is 7.86. The highest BCUT2D eigenvalue weighted by Gasteiger charge is 2.45. The van der Waals surface area contributed by atoms with Crippen molar-refractivity contribution in [2.24, 2.45) is 11.8 Å². The van der Waals surface area contributed by atoms with Crippen LogP contribution in [0.25, 0.3) is 0 Å². The second kappa shape index (κ2) is 6.59. The van der Waals surface area contributed by atoms with Crippen molar-refractivity contribution in [2.45, 2.75) is 72.4 Å². The number of nitrogens with one attached hydrogen (secondary N) is 1. The minimum Gasteiger partial charge on any atom is -0.340 e. The van der Waals surface area contributed by atoms with E-state index in [4.69, 9.17) is 0 Å². The van der Waals surface area contributed by atoms with Gasteiger partial charge in [-0.25, -0.2) is 0 Å². The third-order valence-electron chi connectivity index (χ3n) is 4.21. The molecule has 0 spiro atoms. The maximum atomic E-state index is 12.7. The van der Waals surface area contributed by atoms with Crippen LogP contribution in [0.2, 0.25) is 0 Å². The van der Waals surface area contributed by atoms with Gasteiger partial charge in [0, 0.05) is 6.54 Å². The number of piperazine rings is 1. The fraction of sp³-hybridized carbons (Fsp3) is 0.875. The number of amides is 2. The summed E-state index contributed by atoms with van der Waals surface area (Å²) in [6.07, 6.45) is 2.81. The van der Waals surface area contributed by atoms with Gasteiger partial charge in [-0.2, -0.15) is 0 Å². The molecule has 1 saturated heterocycles. The van der Waals surface area contributed by atoms with Crippen LogP contribution >= 0.6 is 0 Å². The van der Waals surface area contributed by atoms with Gasteiger partial charge < -0.3 is 10.2 Å². The van der Waals surface area contributed by atoms with Crippen LogP contribution in [0.15, 0.2) is 0 Å². The lowest BCUT2D eigenvalue weighted by Crippen LogP contribution is -2.68. The van der Waals surface area contributed by atoms with Gasteiger partial charge in [0.15, 0.2) is 0 Å². The van der Waals surface area contributed by atoms with Crippen LogP contribution in [0.5, 0.6) is 0 Å². The van der Waals surface area contributed by atoms with Gasteiger partial charge in [-0.05, 0) is 32.1 Å². The maximum Gasteiger partial charge on any atom is 0.248 e. The zero-order valence-electron chi connectivity index (χ0n) is 13.8. The number of rotatable bonds is 6. The Hall–Kier alpha value is -1.06. The fourth-order valence-electron chi connectivity index (χ4n) is 2.80. The Morgan fingerprint density at radius 2 is 1.75 bits per heavy atom. The van der Waals surface area contributed by atoms with Gasteiger partial charge >= 0.3 is 0 Å². The molecule has 0 aliphatic carbocycles. The zero-order chi connectivity index (χ0) is 15.5. The molecule has 1 heterocycles. The molecular weight excluding hydrogens is 252 g/mol. The van der Waals surface area contributed by atoms with Gasteiger partial charge in [-0.15, -0.1) is 0 Å². The normalized spacial score (nSPS) is 22.6. The molecule has 4 heteroatoms. The third-order valence-corrected chi connectivity index (χ3v) is 4.21. The Labute approximate surface area is 123 Å². The molecule has 0 aromatic rings. The molecular formula is C16H30N2O2. The first kappa shape index (κ1) is 17.0. The monoisotopic (exact) mass is 282 g/mol. The van der Waals surface area contributed by atoms with Crippen molar-refractivity contribution in [3.05, 3.63) is 0 Å². The predicted molar refractivity (Wildman–Crippen MR) is 81.2 cm³/mol. The quantitative estimate of drug-likeness (QED) is 0.814. The summed E-state index contributed by atoms with van der Waals surface area (Å²) in [6.45, 7) is 12.7. The van der Waals surface area contributed by atoms with Gasteiger partial charge in [0.2, 0.25) is 11.8 Å². The largest absolute Gasteiger partial charge is 0.340 e. The molecule has 1 N–H and O–H groups in total. The summed E-state index contributed by atoms with van der Waals surface area (Å²) in [4.78, 5) is 26.8. The Bertz CT molecular complexity index is 359. The van der Waals surface area contributed by atoms with E-state index in [1.54, 1.807) is 13.8 Å². The van der Waals surface area contributed by atoms with E-state index in [0.717, 1.165) is 19.3 Å². The summed E-state index contributed by atoms with van der Waals surface area (Å²) in [6, 6.07) is -0.309. The fourth-order valence-corrected chi connectivity index (χ4v) is 2.80. The number of hydrogen-bond acceptors (Lipinski definition) is 2. The van der Waals surface area contributed by atoms with Crippen LogP contribution in [-0.2, 0) is 9.59 Å².